The standard InChI is InChI=1S/C23H21N3O6S4.C9H16N2/c1-11(2)12(8-15-24(3)13-6-4-5-7-14(13)34-15)18-20(31)25(9-16(27)28)22(35-18)19-21(32)26(10-17(29)30)23(33)36-19;1-2-5-9-10-6-4-8-11(9)7-3-1/h4-8,11H,9-10H2,1-3H3,(H,27,28)(H,29,30);1-8H2/b15-8+,18-12-,22-19+;. The van der Waals surface area contributed by atoms with Crippen LogP contribution in [-0.4, -0.2) is 85.8 Å². The Kier molecular flexibility index (Phi) is 11.3. The molecule has 0 bridgehead atoms. The highest BCUT2D eigenvalue weighted by Crippen LogP contribution is 2.45. The van der Waals surface area contributed by atoms with Crippen LogP contribution in [0.2, 0.25) is 0 Å². The van der Waals surface area contributed by atoms with E-state index in [1.807, 2.05) is 56.1 Å². The molecule has 0 unspecified atom stereocenters. The van der Waals surface area contributed by atoms with Crippen LogP contribution in [0.1, 0.15) is 46.0 Å². The average Bonchev–Trinajstić information content (AvgIpc) is 3.51. The van der Waals surface area contributed by atoms with Crippen molar-refractivity contribution in [2.75, 3.05) is 38.1 Å². The molecule has 2 saturated heterocycles. The number of carboxylic acid groups (broad SMARTS) is 2. The van der Waals surface area contributed by atoms with Gasteiger partial charge >= 0.3 is 11.9 Å². The SMILES string of the molecule is C1CCC2=NCCCN2CC1.CC(C)C(/C=C1/Sc2ccccc2N1C)=c1\s/c(=C2/SC(=S)N(CC(=O)O)C2=O)n(CC(=O)O)c1=O. The minimum absolute atomic E-state index is 0.0404. The Balaban J connectivity index is 0.000000330. The maximum atomic E-state index is 13.5. The van der Waals surface area contributed by atoms with Crippen LogP contribution < -0.4 is 19.7 Å². The summed E-state index contributed by atoms with van der Waals surface area (Å²) in [6, 6.07) is 7.93. The number of nitrogens with zero attached hydrogens (tertiary/aromatic N) is 5. The van der Waals surface area contributed by atoms with Gasteiger partial charge in [0, 0.05) is 38.0 Å². The Hall–Kier alpha value is -3.40. The van der Waals surface area contributed by atoms with E-state index in [0.717, 1.165) is 54.7 Å². The van der Waals surface area contributed by atoms with E-state index in [-0.39, 0.29) is 19.8 Å². The number of para-hydroxylation sites is 1. The second-order valence-corrected chi connectivity index (χ2v) is 15.4. The summed E-state index contributed by atoms with van der Waals surface area (Å²) >= 11 is 8.64. The van der Waals surface area contributed by atoms with Gasteiger partial charge in [0.15, 0.2) is 0 Å². The summed E-state index contributed by atoms with van der Waals surface area (Å²) in [6.07, 6.45) is 8.56. The Morgan fingerprint density at radius 2 is 1.74 bits per heavy atom. The maximum Gasteiger partial charge on any atom is 0.323 e. The Labute approximate surface area is 290 Å². The lowest BCUT2D eigenvalue weighted by Crippen LogP contribution is -2.37. The van der Waals surface area contributed by atoms with Crippen molar-refractivity contribution >= 4 is 91.2 Å². The van der Waals surface area contributed by atoms with Gasteiger partial charge in [0.05, 0.1) is 21.1 Å². The van der Waals surface area contributed by atoms with Gasteiger partial charge in [-0.25, -0.2) is 0 Å². The van der Waals surface area contributed by atoms with Crippen LogP contribution in [0.15, 0.2) is 50.1 Å². The third-order valence-electron chi connectivity index (χ3n) is 8.02. The normalized spacial score (nSPS) is 20.5. The number of benzene rings is 1. The Bertz CT molecular complexity index is 1850. The number of thiocarbonyl (C=S) groups is 1. The predicted molar refractivity (Wildman–Crippen MR) is 192 cm³/mol. The molecule has 0 atom stereocenters. The molecule has 4 aliphatic rings. The van der Waals surface area contributed by atoms with Crippen LogP contribution in [0.5, 0.6) is 0 Å². The predicted octanol–water partition coefficient (Wildman–Crippen LogP) is 3.60. The molecule has 250 valence electrons. The maximum absolute atomic E-state index is 13.5. The largest absolute Gasteiger partial charge is 0.480 e. The molecule has 1 amide bonds. The van der Waals surface area contributed by atoms with E-state index in [2.05, 4.69) is 9.89 Å². The molecule has 6 rings (SSSR count). The number of aliphatic carboxylic acids is 2. The van der Waals surface area contributed by atoms with Gasteiger partial charge in [-0.15, -0.1) is 11.3 Å². The van der Waals surface area contributed by atoms with Crippen LogP contribution in [0.3, 0.4) is 0 Å². The Morgan fingerprint density at radius 1 is 1.02 bits per heavy atom. The van der Waals surface area contributed by atoms with Crippen LogP contribution >= 0.6 is 47.1 Å². The molecule has 2 N–H and O–H groups in total. The van der Waals surface area contributed by atoms with E-state index >= 15 is 0 Å². The van der Waals surface area contributed by atoms with Crippen LogP contribution in [0.25, 0.3) is 10.5 Å². The van der Waals surface area contributed by atoms with Crippen LogP contribution in [-0.2, 0) is 20.9 Å². The number of carbonyl (C=O) groups excluding carboxylic acids is 1. The third kappa shape index (κ3) is 7.85. The van der Waals surface area contributed by atoms with E-state index in [1.165, 1.54) is 51.0 Å². The van der Waals surface area contributed by atoms with Crippen LogP contribution in [0.4, 0.5) is 5.69 Å². The zero-order valence-electron chi connectivity index (χ0n) is 26.4. The van der Waals surface area contributed by atoms with E-state index in [4.69, 9.17) is 17.3 Å². The van der Waals surface area contributed by atoms with Gasteiger partial charge in [0.2, 0.25) is 0 Å². The molecule has 0 spiro atoms. The molecule has 0 radical (unpaired) electrons. The van der Waals surface area contributed by atoms with Crippen molar-refractivity contribution in [2.45, 2.75) is 57.4 Å². The monoisotopic (exact) mass is 715 g/mol. The van der Waals surface area contributed by atoms with Crippen molar-refractivity contribution in [1.29, 1.82) is 0 Å². The summed E-state index contributed by atoms with van der Waals surface area (Å²) in [5, 5.41) is 19.5. The van der Waals surface area contributed by atoms with Crippen molar-refractivity contribution in [3.8, 4) is 0 Å². The number of thioether (sulfide) groups is 2. The molecular formula is C32H37N5O6S4. The molecule has 5 heterocycles. The van der Waals surface area contributed by atoms with Crippen LogP contribution in [0, 0.1) is 5.92 Å². The van der Waals surface area contributed by atoms with Crippen molar-refractivity contribution < 1.29 is 24.6 Å². The van der Waals surface area contributed by atoms with Gasteiger partial charge in [-0.3, -0.25) is 33.6 Å². The zero-order valence-corrected chi connectivity index (χ0v) is 29.7. The molecule has 4 aliphatic heterocycles. The first-order valence-electron chi connectivity index (χ1n) is 15.4. The second kappa shape index (κ2) is 15.2. The van der Waals surface area contributed by atoms with Gasteiger partial charge in [0.25, 0.3) is 11.5 Å². The summed E-state index contributed by atoms with van der Waals surface area (Å²) in [5.74, 6) is -1.83. The van der Waals surface area contributed by atoms with Crippen molar-refractivity contribution in [2.24, 2.45) is 10.9 Å². The lowest BCUT2D eigenvalue weighted by atomic mass is 10.0. The summed E-state index contributed by atoms with van der Waals surface area (Å²) in [5.41, 5.74) is 1.23. The first kappa shape index (κ1) is 34.9. The van der Waals surface area contributed by atoms with Gasteiger partial charge in [-0.2, -0.15) is 0 Å². The number of rotatable bonds is 6. The number of carbonyl (C=O) groups is 3. The summed E-state index contributed by atoms with van der Waals surface area (Å²) in [7, 11) is 1.94. The first-order valence-corrected chi connectivity index (χ1v) is 18.3. The highest BCUT2D eigenvalue weighted by molar-refractivity contribution is 8.30. The average molecular weight is 716 g/mol. The number of fused-ring (bicyclic) bond motifs is 2. The number of hydrogen-bond acceptors (Lipinski definition) is 11. The lowest BCUT2D eigenvalue weighted by Gasteiger charge is -2.27. The number of carboxylic acids is 2. The molecule has 0 aliphatic carbocycles. The van der Waals surface area contributed by atoms with E-state index in [0.29, 0.717) is 10.1 Å². The lowest BCUT2D eigenvalue weighted by molar-refractivity contribution is -0.140. The van der Waals surface area contributed by atoms with Crippen molar-refractivity contribution in [1.82, 2.24) is 14.4 Å². The third-order valence-corrected chi connectivity index (χ3v) is 12.0. The second-order valence-electron chi connectivity index (χ2n) is 11.7. The molecule has 11 nitrogen and oxygen atoms in total. The summed E-state index contributed by atoms with van der Waals surface area (Å²) in [4.78, 5) is 60.4. The van der Waals surface area contributed by atoms with E-state index < -0.39 is 36.5 Å². The summed E-state index contributed by atoms with van der Waals surface area (Å²) in [6.45, 7) is 6.21. The van der Waals surface area contributed by atoms with Gasteiger partial charge < -0.3 is 20.0 Å². The number of allylic oxidation sites excluding steroid dienone is 1. The zero-order chi connectivity index (χ0) is 33.8. The molecule has 47 heavy (non-hydrogen) atoms. The first-order chi connectivity index (χ1) is 22.5. The number of amides is 1. The number of aliphatic imine (C=N–C) groups is 1. The minimum atomic E-state index is -1.24. The molecule has 1 aromatic heterocycles. The van der Waals surface area contributed by atoms with E-state index in [1.54, 1.807) is 11.8 Å². The number of thiazole rings is 1. The van der Waals surface area contributed by atoms with Gasteiger partial charge in [-0.1, -0.05) is 68.1 Å². The van der Waals surface area contributed by atoms with Crippen molar-refractivity contribution in [3.63, 3.8) is 0 Å². The molecule has 2 aromatic rings. The molecule has 2 fully saturated rings. The van der Waals surface area contributed by atoms with Gasteiger partial charge in [-0.05, 0) is 49.0 Å². The topological polar surface area (TPSA) is 136 Å². The van der Waals surface area contributed by atoms with E-state index in [9.17, 15) is 24.3 Å². The summed E-state index contributed by atoms with van der Waals surface area (Å²) < 4.78 is 1.56. The minimum Gasteiger partial charge on any atom is -0.480 e. The fourth-order valence-corrected chi connectivity index (χ4v) is 9.47. The Morgan fingerprint density at radius 3 is 2.45 bits per heavy atom. The molecule has 15 heteroatoms. The highest BCUT2D eigenvalue weighted by atomic mass is 32.2. The highest BCUT2D eigenvalue weighted by Gasteiger charge is 2.35. The van der Waals surface area contributed by atoms with Crippen molar-refractivity contribution in [3.05, 3.63) is 54.9 Å². The number of hydrogen-bond donors (Lipinski definition) is 2. The number of amidine groups is 1. The number of aromatic nitrogens is 1. The molecular weight excluding hydrogens is 679 g/mol. The molecule has 1 aromatic carbocycles. The smallest absolute Gasteiger partial charge is 0.323 e. The number of anilines is 1. The fourth-order valence-electron chi connectivity index (χ4n) is 5.65. The van der Waals surface area contributed by atoms with Gasteiger partial charge in [0.1, 0.15) is 27.0 Å². The fraction of sp³-hybridized carbons (Fsp3) is 0.438. The molecule has 0 saturated carbocycles. The quantitative estimate of drug-likeness (QED) is 0.425.